The number of hydrogen-bond donors (Lipinski definition) is 0. The van der Waals surface area contributed by atoms with Crippen molar-refractivity contribution in [3.8, 4) is 0 Å². The van der Waals surface area contributed by atoms with Crippen LogP contribution in [0.15, 0.2) is 35.5 Å². The first-order valence-corrected chi connectivity index (χ1v) is 5.78. The van der Waals surface area contributed by atoms with E-state index in [1.54, 1.807) is 0 Å². The summed E-state index contributed by atoms with van der Waals surface area (Å²) >= 11 is 0. The van der Waals surface area contributed by atoms with Gasteiger partial charge in [-0.1, -0.05) is 57.1 Å². The van der Waals surface area contributed by atoms with Crippen LogP contribution >= 0.6 is 0 Å². The molecule has 0 aromatic carbocycles. The summed E-state index contributed by atoms with van der Waals surface area (Å²) in [5.41, 5.74) is 2.82. The second-order valence-electron chi connectivity index (χ2n) is 3.62. The van der Waals surface area contributed by atoms with E-state index in [0.717, 1.165) is 12.8 Å². The summed E-state index contributed by atoms with van der Waals surface area (Å²) in [4.78, 5) is 0. The van der Waals surface area contributed by atoms with Crippen LogP contribution < -0.4 is 0 Å². The van der Waals surface area contributed by atoms with Gasteiger partial charge in [0.15, 0.2) is 0 Å². The van der Waals surface area contributed by atoms with Gasteiger partial charge < -0.3 is 0 Å². The molecular weight excluding hydrogens is 168 g/mol. The van der Waals surface area contributed by atoms with E-state index < -0.39 is 0 Å². The largest absolute Gasteiger partial charge is 0.0845 e. The highest BCUT2D eigenvalue weighted by Gasteiger charge is 1.88. The van der Waals surface area contributed by atoms with Gasteiger partial charge >= 0.3 is 0 Å². The Kier molecular flexibility index (Phi) is 8.31. The van der Waals surface area contributed by atoms with Crippen LogP contribution in [0.4, 0.5) is 0 Å². The Morgan fingerprint density at radius 2 is 1.86 bits per heavy atom. The van der Waals surface area contributed by atoms with E-state index in [4.69, 9.17) is 0 Å². The maximum atomic E-state index is 2.31. The Balaban J connectivity index is 4.34. The fourth-order valence-corrected chi connectivity index (χ4v) is 1.26. The van der Waals surface area contributed by atoms with Crippen molar-refractivity contribution in [2.75, 3.05) is 0 Å². The molecule has 0 aliphatic rings. The van der Waals surface area contributed by atoms with Crippen molar-refractivity contribution in [3.05, 3.63) is 35.5 Å². The van der Waals surface area contributed by atoms with Crippen LogP contribution in [-0.4, -0.2) is 0 Å². The van der Waals surface area contributed by atoms with E-state index in [0.29, 0.717) is 0 Å². The summed E-state index contributed by atoms with van der Waals surface area (Å²) in [6.07, 6.45) is 13.7. The zero-order valence-corrected chi connectivity index (χ0v) is 10.1. The van der Waals surface area contributed by atoms with E-state index in [2.05, 4.69) is 52.0 Å². The van der Waals surface area contributed by atoms with Crippen molar-refractivity contribution in [1.82, 2.24) is 0 Å². The normalized spacial score (nSPS) is 14.0. The standard InChI is InChI=1S/C14H24/c1-5-8-10-13(4)12-14(7-3)11-9-6-2/h9-12H,5-8H2,1-4H3/b11-9+,13-10+,14-12+. The lowest BCUT2D eigenvalue weighted by Gasteiger charge is -1.98. The summed E-state index contributed by atoms with van der Waals surface area (Å²) in [6.45, 7) is 8.78. The molecule has 0 fully saturated rings. The average molecular weight is 192 g/mol. The molecule has 0 spiro atoms. The van der Waals surface area contributed by atoms with Gasteiger partial charge in [-0.2, -0.15) is 0 Å². The maximum Gasteiger partial charge on any atom is -0.0307 e. The van der Waals surface area contributed by atoms with Crippen molar-refractivity contribution in [3.63, 3.8) is 0 Å². The molecular formula is C14H24. The first-order chi connectivity index (χ1) is 6.74. The lowest BCUT2D eigenvalue weighted by Crippen LogP contribution is -1.78. The molecule has 0 heterocycles. The Morgan fingerprint density at radius 1 is 1.14 bits per heavy atom. The van der Waals surface area contributed by atoms with Crippen molar-refractivity contribution < 1.29 is 0 Å². The van der Waals surface area contributed by atoms with Gasteiger partial charge in [-0.15, -0.1) is 0 Å². The van der Waals surface area contributed by atoms with Gasteiger partial charge in [0.1, 0.15) is 0 Å². The molecule has 0 unspecified atom stereocenters. The highest BCUT2D eigenvalue weighted by molar-refractivity contribution is 5.28. The van der Waals surface area contributed by atoms with Crippen molar-refractivity contribution >= 4 is 0 Å². The zero-order chi connectivity index (χ0) is 10.8. The van der Waals surface area contributed by atoms with Gasteiger partial charge in [-0.05, 0) is 31.8 Å². The predicted molar refractivity (Wildman–Crippen MR) is 66.5 cm³/mol. The molecule has 0 rings (SSSR count). The maximum absolute atomic E-state index is 2.31. The van der Waals surface area contributed by atoms with Gasteiger partial charge in [0, 0.05) is 0 Å². The third-order valence-electron chi connectivity index (χ3n) is 2.14. The third-order valence-corrected chi connectivity index (χ3v) is 2.14. The quantitative estimate of drug-likeness (QED) is 0.517. The molecule has 0 N–H and O–H groups in total. The molecule has 0 bridgehead atoms. The average Bonchev–Trinajstić information content (AvgIpc) is 2.21. The lowest BCUT2D eigenvalue weighted by atomic mass is 10.1. The minimum Gasteiger partial charge on any atom is -0.0845 e. The van der Waals surface area contributed by atoms with E-state index in [1.807, 2.05) is 0 Å². The SMILES string of the molecule is CC/C=C/C(=C/C(C)=C/CCC)CC. The van der Waals surface area contributed by atoms with Crippen LogP contribution in [0.3, 0.4) is 0 Å². The summed E-state index contributed by atoms with van der Waals surface area (Å²) in [5.74, 6) is 0. The molecule has 0 aromatic heterocycles. The van der Waals surface area contributed by atoms with E-state index in [9.17, 15) is 0 Å². The molecule has 0 atom stereocenters. The highest BCUT2D eigenvalue weighted by Crippen LogP contribution is 2.09. The third kappa shape index (κ3) is 6.71. The van der Waals surface area contributed by atoms with Gasteiger partial charge in [0.05, 0.1) is 0 Å². The molecule has 0 radical (unpaired) electrons. The molecule has 0 saturated heterocycles. The van der Waals surface area contributed by atoms with Crippen molar-refractivity contribution in [1.29, 1.82) is 0 Å². The molecule has 0 aromatic rings. The Bertz CT molecular complexity index is 216. The molecule has 0 aliphatic carbocycles. The fraction of sp³-hybridized carbons (Fsp3) is 0.571. The van der Waals surface area contributed by atoms with Crippen LogP contribution in [0.1, 0.15) is 53.4 Å². The van der Waals surface area contributed by atoms with E-state index >= 15 is 0 Å². The Morgan fingerprint density at radius 3 is 2.36 bits per heavy atom. The number of allylic oxidation sites excluding steroid dienone is 6. The number of unbranched alkanes of at least 4 members (excludes halogenated alkanes) is 1. The summed E-state index contributed by atoms with van der Waals surface area (Å²) in [7, 11) is 0. The molecule has 0 saturated carbocycles. The minimum absolute atomic E-state index is 1.12. The molecule has 14 heavy (non-hydrogen) atoms. The highest BCUT2D eigenvalue weighted by atomic mass is 13.9. The Hall–Kier alpha value is -0.780. The molecule has 0 nitrogen and oxygen atoms in total. The van der Waals surface area contributed by atoms with E-state index in [1.165, 1.54) is 24.0 Å². The summed E-state index contributed by atoms with van der Waals surface area (Å²) in [5, 5.41) is 0. The van der Waals surface area contributed by atoms with Crippen molar-refractivity contribution in [2.24, 2.45) is 0 Å². The van der Waals surface area contributed by atoms with Gasteiger partial charge in [0.2, 0.25) is 0 Å². The van der Waals surface area contributed by atoms with Crippen LogP contribution in [0.2, 0.25) is 0 Å². The summed E-state index contributed by atoms with van der Waals surface area (Å²) in [6, 6.07) is 0. The van der Waals surface area contributed by atoms with Crippen LogP contribution in [0.5, 0.6) is 0 Å². The second-order valence-corrected chi connectivity index (χ2v) is 3.62. The van der Waals surface area contributed by atoms with Gasteiger partial charge in [0.25, 0.3) is 0 Å². The Labute approximate surface area is 89.4 Å². The second kappa shape index (κ2) is 8.80. The van der Waals surface area contributed by atoms with Gasteiger partial charge in [-0.3, -0.25) is 0 Å². The van der Waals surface area contributed by atoms with Crippen LogP contribution in [-0.2, 0) is 0 Å². The first kappa shape index (κ1) is 13.2. The molecule has 80 valence electrons. The van der Waals surface area contributed by atoms with Gasteiger partial charge in [-0.25, -0.2) is 0 Å². The zero-order valence-electron chi connectivity index (χ0n) is 10.1. The molecule has 0 aliphatic heterocycles. The molecule has 0 heteroatoms. The number of hydrogen-bond acceptors (Lipinski definition) is 0. The molecule has 0 amide bonds. The number of rotatable bonds is 6. The minimum atomic E-state index is 1.12. The smallest absolute Gasteiger partial charge is 0.0307 e. The van der Waals surface area contributed by atoms with Crippen LogP contribution in [0, 0.1) is 0 Å². The topological polar surface area (TPSA) is 0 Å². The van der Waals surface area contributed by atoms with Crippen molar-refractivity contribution in [2.45, 2.75) is 53.4 Å². The van der Waals surface area contributed by atoms with E-state index in [-0.39, 0.29) is 0 Å². The fourth-order valence-electron chi connectivity index (χ4n) is 1.26. The lowest BCUT2D eigenvalue weighted by molar-refractivity contribution is 0.951. The first-order valence-electron chi connectivity index (χ1n) is 5.78. The predicted octanol–water partition coefficient (Wildman–Crippen LogP) is 5.04. The summed E-state index contributed by atoms with van der Waals surface area (Å²) < 4.78 is 0. The van der Waals surface area contributed by atoms with Crippen LogP contribution in [0.25, 0.3) is 0 Å². The monoisotopic (exact) mass is 192 g/mol.